The number of aryl methyl sites for hydroxylation is 1. The summed E-state index contributed by atoms with van der Waals surface area (Å²) in [5.41, 5.74) is 4.65. The van der Waals surface area contributed by atoms with Gasteiger partial charge in [-0.1, -0.05) is 29.8 Å². The number of pyridine rings is 1. The van der Waals surface area contributed by atoms with Crippen LogP contribution in [0, 0.1) is 18.3 Å². The summed E-state index contributed by atoms with van der Waals surface area (Å²) in [6.07, 6.45) is 5.35. The molecule has 4 heteroatoms. The Morgan fingerprint density at radius 3 is 2.55 bits per heavy atom. The van der Waals surface area contributed by atoms with Gasteiger partial charge in [0, 0.05) is 23.3 Å². The maximum absolute atomic E-state index is 9.41. The van der Waals surface area contributed by atoms with Gasteiger partial charge in [0.1, 0.15) is 11.1 Å². The highest BCUT2D eigenvalue weighted by atomic mass is 32.1. The second kappa shape index (κ2) is 6.33. The Bertz CT molecular complexity index is 840. The molecule has 0 saturated carbocycles. The van der Waals surface area contributed by atoms with Crippen LogP contribution in [0.25, 0.3) is 22.9 Å². The number of aromatic nitrogens is 2. The van der Waals surface area contributed by atoms with Crippen molar-refractivity contribution >= 4 is 23.0 Å². The lowest BCUT2D eigenvalue weighted by atomic mass is 10.1. The Kier molecular flexibility index (Phi) is 4.08. The van der Waals surface area contributed by atoms with Crippen LogP contribution in [0.5, 0.6) is 0 Å². The van der Waals surface area contributed by atoms with E-state index in [0.717, 1.165) is 21.8 Å². The van der Waals surface area contributed by atoms with Gasteiger partial charge < -0.3 is 0 Å². The molecule has 106 valence electrons. The molecule has 0 amide bonds. The van der Waals surface area contributed by atoms with Gasteiger partial charge in [-0.05, 0) is 30.7 Å². The third-order valence-corrected chi connectivity index (χ3v) is 4.10. The number of allylic oxidation sites excluding steroid dienone is 1. The highest BCUT2D eigenvalue weighted by Crippen LogP contribution is 2.26. The van der Waals surface area contributed by atoms with Crippen molar-refractivity contribution in [1.82, 2.24) is 9.97 Å². The fraction of sp³-hybridized carbons (Fsp3) is 0.0556. The molecule has 0 atom stereocenters. The van der Waals surface area contributed by atoms with Crippen LogP contribution in [0.1, 0.15) is 16.1 Å². The number of thiazole rings is 1. The lowest BCUT2D eigenvalue weighted by molar-refractivity contribution is 1.31. The average molecular weight is 303 g/mol. The van der Waals surface area contributed by atoms with Crippen molar-refractivity contribution in [2.24, 2.45) is 0 Å². The molecule has 0 bridgehead atoms. The fourth-order valence-electron chi connectivity index (χ4n) is 2.02. The molecule has 0 N–H and O–H groups in total. The van der Waals surface area contributed by atoms with E-state index in [-0.39, 0.29) is 0 Å². The molecule has 0 spiro atoms. The van der Waals surface area contributed by atoms with E-state index in [1.165, 1.54) is 16.9 Å². The first-order valence-electron chi connectivity index (χ1n) is 6.81. The summed E-state index contributed by atoms with van der Waals surface area (Å²) in [7, 11) is 0. The Labute approximate surface area is 133 Å². The SMILES string of the molecule is Cc1ccc(/C=C(\C#N)c2nc(-c3ccncc3)cs2)cc1. The van der Waals surface area contributed by atoms with Crippen LogP contribution in [-0.2, 0) is 0 Å². The monoisotopic (exact) mass is 303 g/mol. The van der Waals surface area contributed by atoms with Crippen LogP contribution in [0.3, 0.4) is 0 Å². The van der Waals surface area contributed by atoms with E-state index in [2.05, 4.69) is 16.0 Å². The smallest absolute Gasteiger partial charge is 0.134 e. The van der Waals surface area contributed by atoms with Crippen molar-refractivity contribution in [3.8, 4) is 17.3 Å². The minimum atomic E-state index is 0.578. The van der Waals surface area contributed by atoms with Crippen molar-refractivity contribution in [3.05, 3.63) is 70.3 Å². The maximum Gasteiger partial charge on any atom is 0.134 e. The zero-order valence-corrected chi connectivity index (χ0v) is 12.8. The summed E-state index contributed by atoms with van der Waals surface area (Å²) in [5, 5.41) is 12.1. The van der Waals surface area contributed by atoms with E-state index >= 15 is 0 Å². The van der Waals surface area contributed by atoms with E-state index in [0.29, 0.717) is 5.57 Å². The Morgan fingerprint density at radius 1 is 1.14 bits per heavy atom. The molecular formula is C18H13N3S. The first-order valence-corrected chi connectivity index (χ1v) is 7.69. The summed E-state index contributed by atoms with van der Waals surface area (Å²) < 4.78 is 0. The highest BCUT2D eigenvalue weighted by molar-refractivity contribution is 7.11. The predicted molar refractivity (Wildman–Crippen MR) is 90.0 cm³/mol. The van der Waals surface area contributed by atoms with Crippen molar-refractivity contribution in [1.29, 1.82) is 5.26 Å². The molecule has 3 rings (SSSR count). The van der Waals surface area contributed by atoms with Gasteiger partial charge in [0.2, 0.25) is 0 Å². The van der Waals surface area contributed by atoms with Crippen LogP contribution < -0.4 is 0 Å². The van der Waals surface area contributed by atoms with Crippen LogP contribution in [-0.4, -0.2) is 9.97 Å². The molecule has 0 fully saturated rings. The Morgan fingerprint density at radius 2 is 1.86 bits per heavy atom. The van der Waals surface area contributed by atoms with E-state index < -0.39 is 0 Å². The van der Waals surface area contributed by atoms with Gasteiger partial charge in [0.25, 0.3) is 0 Å². The first-order chi connectivity index (χ1) is 10.8. The molecule has 3 nitrogen and oxygen atoms in total. The van der Waals surface area contributed by atoms with Gasteiger partial charge in [-0.3, -0.25) is 4.98 Å². The topological polar surface area (TPSA) is 49.6 Å². The van der Waals surface area contributed by atoms with Gasteiger partial charge in [-0.15, -0.1) is 11.3 Å². The second-order valence-corrected chi connectivity index (χ2v) is 5.71. The number of hydrogen-bond acceptors (Lipinski definition) is 4. The van der Waals surface area contributed by atoms with Gasteiger partial charge in [0.05, 0.1) is 11.3 Å². The largest absolute Gasteiger partial charge is 0.265 e. The van der Waals surface area contributed by atoms with E-state index in [1.807, 2.05) is 54.8 Å². The Hall–Kier alpha value is -2.77. The number of nitrogens with zero attached hydrogens (tertiary/aromatic N) is 3. The molecular weight excluding hydrogens is 290 g/mol. The van der Waals surface area contributed by atoms with Crippen LogP contribution >= 0.6 is 11.3 Å². The molecule has 0 aliphatic carbocycles. The highest BCUT2D eigenvalue weighted by Gasteiger charge is 2.08. The summed E-state index contributed by atoms with van der Waals surface area (Å²) in [5.74, 6) is 0. The minimum Gasteiger partial charge on any atom is -0.265 e. The van der Waals surface area contributed by atoms with Crippen LogP contribution in [0.4, 0.5) is 0 Å². The van der Waals surface area contributed by atoms with Crippen LogP contribution in [0.2, 0.25) is 0 Å². The standard InChI is InChI=1S/C18H13N3S/c1-13-2-4-14(5-3-13)10-16(11-19)18-21-17(12-22-18)15-6-8-20-9-7-15/h2-10,12H,1H3/b16-10+. The van der Waals surface area contributed by atoms with Crippen molar-refractivity contribution in [2.45, 2.75) is 6.92 Å². The summed E-state index contributed by atoms with van der Waals surface area (Å²) in [4.78, 5) is 8.57. The zero-order chi connectivity index (χ0) is 15.4. The lowest BCUT2D eigenvalue weighted by Crippen LogP contribution is -1.83. The number of benzene rings is 1. The Balaban J connectivity index is 1.94. The van der Waals surface area contributed by atoms with Crippen molar-refractivity contribution < 1.29 is 0 Å². The quantitative estimate of drug-likeness (QED) is 0.665. The van der Waals surface area contributed by atoms with Crippen molar-refractivity contribution in [2.75, 3.05) is 0 Å². The first kappa shape index (κ1) is 14.2. The maximum atomic E-state index is 9.41. The van der Waals surface area contributed by atoms with E-state index in [1.54, 1.807) is 12.4 Å². The number of rotatable bonds is 3. The molecule has 0 saturated heterocycles. The average Bonchev–Trinajstić information content (AvgIpc) is 3.05. The summed E-state index contributed by atoms with van der Waals surface area (Å²) >= 11 is 1.48. The second-order valence-electron chi connectivity index (χ2n) is 4.85. The molecule has 0 radical (unpaired) electrons. The molecule has 3 aromatic rings. The molecule has 22 heavy (non-hydrogen) atoms. The fourth-order valence-corrected chi connectivity index (χ4v) is 2.82. The molecule has 0 aliphatic rings. The molecule has 0 unspecified atom stereocenters. The van der Waals surface area contributed by atoms with Gasteiger partial charge in [-0.2, -0.15) is 5.26 Å². The molecule has 2 aromatic heterocycles. The van der Waals surface area contributed by atoms with Gasteiger partial charge >= 0.3 is 0 Å². The predicted octanol–water partition coefficient (Wildman–Crippen LogP) is 4.58. The van der Waals surface area contributed by atoms with Crippen molar-refractivity contribution in [3.63, 3.8) is 0 Å². The lowest BCUT2D eigenvalue weighted by Gasteiger charge is -1.97. The van der Waals surface area contributed by atoms with Crippen LogP contribution in [0.15, 0.2) is 54.2 Å². The number of hydrogen-bond donors (Lipinski definition) is 0. The van der Waals surface area contributed by atoms with Gasteiger partial charge in [0.15, 0.2) is 0 Å². The number of nitriles is 1. The third-order valence-electron chi connectivity index (χ3n) is 3.22. The molecule has 1 aromatic carbocycles. The minimum absolute atomic E-state index is 0.578. The van der Waals surface area contributed by atoms with Gasteiger partial charge in [-0.25, -0.2) is 4.98 Å². The third kappa shape index (κ3) is 3.11. The van der Waals surface area contributed by atoms with E-state index in [9.17, 15) is 5.26 Å². The normalized spacial score (nSPS) is 11.2. The summed E-state index contributed by atoms with van der Waals surface area (Å²) in [6.45, 7) is 2.04. The summed E-state index contributed by atoms with van der Waals surface area (Å²) in [6, 6.07) is 14.1. The zero-order valence-electron chi connectivity index (χ0n) is 12.0. The molecule has 2 heterocycles. The molecule has 0 aliphatic heterocycles. The van der Waals surface area contributed by atoms with E-state index in [4.69, 9.17) is 0 Å².